The van der Waals surface area contributed by atoms with Crippen LogP contribution < -0.4 is 5.43 Å². The molecule has 0 radical (unpaired) electrons. The predicted molar refractivity (Wildman–Crippen MR) is 68.7 cm³/mol. The highest BCUT2D eigenvalue weighted by Crippen LogP contribution is 2.17. The summed E-state index contributed by atoms with van der Waals surface area (Å²) in [7, 11) is 0. The van der Waals surface area contributed by atoms with Crippen LogP contribution in [0.2, 0.25) is 0 Å². The van der Waals surface area contributed by atoms with Gasteiger partial charge < -0.3 is 14.8 Å². The van der Waals surface area contributed by atoms with Crippen molar-refractivity contribution in [2.45, 2.75) is 13.0 Å². The topological polar surface area (TPSA) is 62.5 Å². The third-order valence-electron chi connectivity index (χ3n) is 2.86. The predicted octanol–water partition coefficient (Wildman–Crippen LogP) is 1.28. The first-order valence-corrected chi connectivity index (χ1v) is 5.88. The molecule has 0 aliphatic rings. The molecule has 19 heavy (non-hydrogen) atoms. The summed E-state index contributed by atoms with van der Waals surface area (Å²) >= 11 is 0. The van der Waals surface area contributed by atoms with Crippen LogP contribution in [0.25, 0.3) is 0 Å². The molecule has 0 saturated carbocycles. The van der Waals surface area contributed by atoms with Gasteiger partial charge in [-0.2, -0.15) is 0 Å². The second-order valence-corrected chi connectivity index (χ2v) is 4.20. The lowest BCUT2D eigenvalue weighted by Gasteiger charge is -2.13. The number of halogens is 1. The van der Waals surface area contributed by atoms with Gasteiger partial charge in [-0.15, -0.1) is 0 Å². The van der Waals surface area contributed by atoms with E-state index in [0.29, 0.717) is 11.3 Å². The molecule has 0 aliphatic carbocycles. The summed E-state index contributed by atoms with van der Waals surface area (Å²) in [6.07, 6.45) is 1.73. The molecule has 1 heterocycles. The van der Waals surface area contributed by atoms with Gasteiger partial charge in [0.25, 0.3) is 0 Å². The average molecular weight is 263 g/mol. The molecule has 0 amide bonds. The Morgan fingerprint density at radius 2 is 2.05 bits per heavy atom. The molecule has 0 fully saturated rings. The lowest BCUT2D eigenvalue weighted by Crippen LogP contribution is -2.15. The van der Waals surface area contributed by atoms with Crippen LogP contribution in [0.1, 0.15) is 11.3 Å². The van der Waals surface area contributed by atoms with E-state index in [9.17, 15) is 14.3 Å². The smallest absolute Gasteiger partial charge is 0.223 e. The molecule has 1 aromatic heterocycles. The van der Waals surface area contributed by atoms with E-state index < -0.39 is 5.43 Å². The van der Waals surface area contributed by atoms with Crippen molar-refractivity contribution in [3.8, 4) is 5.75 Å². The van der Waals surface area contributed by atoms with Gasteiger partial charge >= 0.3 is 0 Å². The van der Waals surface area contributed by atoms with Gasteiger partial charge in [-0.05, 0) is 17.7 Å². The van der Waals surface area contributed by atoms with Crippen molar-refractivity contribution in [3.63, 3.8) is 0 Å². The van der Waals surface area contributed by atoms with Gasteiger partial charge in [-0.3, -0.25) is 4.79 Å². The van der Waals surface area contributed by atoms with Crippen LogP contribution >= 0.6 is 0 Å². The molecule has 0 aliphatic heterocycles. The van der Waals surface area contributed by atoms with Crippen LogP contribution in [-0.2, 0) is 13.0 Å². The summed E-state index contributed by atoms with van der Waals surface area (Å²) in [5.74, 6) is -0.732. The minimum Gasteiger partial charge on any atom is -0.503 e. The molecular formula is C14H14FNO3. The first-order valence-electron chi connectivity index (χ1n) is 5.88. The maximum atomic E-state index is 13.1. The molecular weight excluding hydrogens is 249 g/mol. The van der Waals surface area contributed by atoms with Crippen LogP contribution in [0.4, 0.5) is 4.39 Å². The molecule has 2 N–H and O–H groups in total. The number of pyridine rings is 1. The number of aromatic hydroxyl groups is 1. The normalized spacial score (nSPS) is 10.6. The van der Waals surface area contributed by atoms with Crippen LogP contribution in [0, 0.1) is 5.82 Å². The van der Waals surface area contributed by atoms with E-state index in [0.717, 1.165) is 0 Å². The summed E-state index contributed by atoms with van der Waals surface area (Å²) in [5, 5.41) is 18.8. The van der Waals surface area contributed by atoms with E-state index >= 15 is 0 Å². The van der Waals surface area contributed by atoms with E-state index in [4.69, 9.17) is 5.11 Å². The molecule has 0 bridgehead atoms. The van der Waals surface area contributed by atoms with Gasteiger partial charge in [-0.1, -0.05) is 12.1 Å². The Morgan fingerprint density at radius 1 is 1.26 bits per heavy atom. The van der Waals surface area contributed by atoms with Gasteiger partial charge in [0.05, 0.1) is 12.3 Å². The number of aliphatic hydroxyl groups is 1. The summed E-state index contributed by atoms with van der Waals surface area (Å²) in [6, 6.07) is 7.19. The first kappa shape index (κ1) is 13.3. The van der Waals surface area contributed by atoms with E-state index in [1.807, 2.05) is 0 Å². The summed E-state index contributed by atoms with van der Waals surface area (Å²) in [4.78, 5) is 11.5. The monoisotopic (exact) mass is 263 g/mol. The molecule has 0 saturated heterocycles. The molecule has 2 rings (SSSR count). The Labute approximate surface area is 109 Å². The van der Waals surface area contributed by atoms with E-state index in [-0.39, 0.29) is 31.1 Å². The standard InChI is InChI=1S/C14H14FNO3/c15-11-3-1-2-10(8-11)9-12-14(19)13(18)4-5-16(12)6-7-17/h1-5,8,17,19H,6-7,9H2. The largest absolute Gasteiger partial charge is 0.503 e. The van der Waals surface area contributed by atoms with Crippen molar-refractivity contribution in [2.75, 3.05) is 6.61 Å². The minimum absolute atomic E-state index is 0.113. The average Bonchev–Trinajstić information content (AvgIpc) is 2.38. The number of aliphatic hydroxyl groups excluding tert-OH is 1. The maximum Gasteiger partial charge on any atom is 0.223 e. The minimum atomic E-state index is -0.486. The van der Waals surface area contributed by atoms with Crippen molar-refractivity contribution < 1.29 is 14.6 Å². The van der Waals surface area contributed by atoms with Crippen LogP contribution in [-0.4, -0.2) is 21.4 Å². The number of nitrogens with zero attached hydrogens (tertiary/aromatic N) is 1. The van der Waals surface area contributed by atoms with E-state index in [1.165, 1.54) is 24.4 Å². The second-order valence-electron chi connectivity index (χ2n) is 4.20. The quantitative estimate of drug-likeness (QED) is 0.873. The number of hydrogen-bond donors (Lipinski definition) is 2. The van der Waals surface area contributed by atoms with Gasteiger partial charge in [0.2, 0.25) is 5.43 Å². The Hall–Kier alpha value is -2.14. The lowest BCUT2D eigenvalue weighted by molar-refractivity contribution is 0.273. The van der Waals surface area contributed by atoms with Crippen molar-refractivity contribution in [2.24, 2.45) is 0 Å². The highest BCUT2D eigenvalue weighted by molar-refractivity contribution is 5.32. The zero-order chi connectivity index (χ0) is 13.8. The Morgan fingerprint density at radius 3 is 2.74 bits per heavy atom. The molecule has 0 atom stereocenters. The van der Waals surface area contributed by atoms with Crippen molar-refractivity contribution in [3.05, 3.63) is 63.8 Å². The lowest BCUT2D eigenvalue weighted by atomic mass is 10.1. The number of hydrogen-bond acceptors (Lipinski definition) is 3. The van der Waals surface area contributed by atoms with Gasteiger partial charge in [0.1, 0.15) is 5.82 Å². The van der Waals surface area contributed by atoms with Gasteiger partial charge in [-0.25, -0.2) is 4.39 Å². The fourth-order valence-electron chi connectivity index (χ4n) is 1.95. The van der Waals surface area contributed by atoms with E-state index in [1.54, 1.807) is 16.7 Å². The fraction of sp³-hybridized carbons (Fsp3) is 0.214. The highest BCUT2D eigenvalue weighted by Gasteiger charge is 2.11. The molecule has 1 aromatic carbocycles. The third-order valence-corrected chi connectivity index (χ3v) is 2.86. The third kappa shape index (κ3) is 3.00. The molecule has 5 heteroatoms. The molecule has 0 unspecified atom stereocenters. The van der Waals surface area contributed by atoms with Gasteiger partial charge in [0, 0.05) is 25.2 Å². The Kier molecular flexibility index (Phi) is 3.97. The zero-order valence-corrected chi connectivity index (χ0v) is 10.2. The molecule has 100 valence electrons. The first-order chi connectivity index (χ1) is 9.11. The maximum absolute atomic E-state index is 13.1. The summed E-state index contributed by atoms with van der Waals surface area (Å²) in [6.45, 7) is 0.150. The molecule has 4 nitrogen and oxygen atoms in total. The van der Waals surface area contributed by atoms with Crippen molar-refractivity contribution in [1.29, 1.82) is 0 Å². The number of aromatic nitrogens is 1. The Balaban J connectivity index is 2.43. The second kappa shape index (κ2) is 5.67. The molecule has 0 spiro atoms. The van der Waals surface area contributed by atoms with Crippen LogP contribution in [0.15, 0.2) is 41.3 Å². The Bertz CT molecular complexity index is 637. The zero-order valence-electron chi connectivity index (χ0n) is 10.2. The molecule has 2 aromatic rings. The SMILES string of the molecule is O=c1ccn(CCO)c(Cc2cccc(F)c2)c1O. The van der Waals surface area contributed by atoms with Crippen molar-refractivity contribution >= 4 is 0 Å². The van der Waals surface area contributed by atoms with Crippen LogP contribution in [0.5, 0.6) is 5.75 Å². The van der Waals surface area contributed by atoms with Gasteiger partial charge in [0.15, 0.2) is 5.75 Å². The number of rotatable bonds is 4. The summed E-state index contributed by atoms with van der Waals surface area (Å²) in [5.41, 5.74) is 0.528. The highest BCUT2D eigenvalue weighted by atomic mass is 19.1. The fourth-order valence-corrected chi connectivity index (χ4v) is 1.95. The summed E-state index contributed by atoms with van der Waals surface area (Å²) < 4.78 is 14.7. The van der Waals surface area contributed by atoms with Crippen molar-refractivity contribution in [1.82, 2.24) is 4.57 Å². The van der Waals surface area contributed by atoms with E-state index in [2.05, 4.69) is 0 Å². The number of benzene rings is 1. The van der Waals surface area contributed by atoms with Crippen LogP contribution in [0.3, 0.4) is 0 Å².